The van der Waals surface area contributed by atoms with Crippen molar-refractivity contribution < 1.29 is 37.9 Å². The summed E-state index contributed by atoms with van der Waals surface area (Å²) >= 11 is 0. The van der Waals surface area contributed by atoms with E-state index in [2.05, 4.69) is 38.1 Å². The summed E-state index contributed by atoms with van der Waals surface area (Å²) in [5.41, 5.74) is 2.71. The van der Waals surface area contributed by atoms with Crippen LogP contribution in [0.25, 0.3) is 0 Å². The molecule has 0 aliphatic carbocycles. The van der Waals surface area contributed by atoms with Gasteiger partial charge in [-0.25, -0.2) is 0 Å². The first-order valence-corrected chi connectivity index (χ1v) is 18.5. The highest BCUT2D eigenvalue weighted by atomic mass is 16.7. The molecule has 4 aliphatic rings. The molecule has 1 aromatic rings. The quantitative estimate of drug-likeness (QED) is 0.118. The molecule has 0 atom stereocenters. The van der Waals surface area contributed by atoms with Gasteiger partial charge in [-0.3, -0.25) is 0 Å². The summed E-state index contributed by atoms with van der Waals surface area (Å²) in [4.78, 5) is 0. The Hall–Kier alpha value is -1.10. The Morgan fingerprint density at radius 2 is 0.913 bits per heavy atom. The fourth-order valence-corrected chi connectivity index (χ4v) is 6.73. The lowest BCUT2D eigenvalue weighted by atomic mass is 9.84. The maximum Gasteiger partial charge on any atom is 0.183 e. The summed E-state index contributed by atoms with van der Waals surface area (Å²) in [6, 6.07) is 8.36. The minimum Gasteiger partial charge on any atom is -0.381 e. The molecular weight excluding hydrogens is 584 g/mol. The van der Waals surface area contributed by atoms with Gasteiger partial charge in [0.05, 0.1) is 66.1 Å². The number of unbranched alkanes of at least 4 members (excludes halogenated alkanes) is 6. The van der Waals surface area contributed by atoms with Gasteiger partial charge in [-0.15, -0.1) is 0 Å². The van der Waals surface area contributed by atoms with Crippen LogP contribution in [-0.4, -0.2) is 79.3 Å². The van der Waals surface area contributed by atoms with Gasteiger partial charge in [0, 0.05) is 47.0 Å². The topological polar surface area (TPSA) is 73.8 Å². The summed E-state index contributed by atoms with van der Waals surface area (Å²) in [6.07, 6.45) is 13.7. The third kappa shape index (κ3) is 11.0. The van der Waals surface area contributed by atoms with Crippen molar-refractivity contribution in [2.45, 2.75) is 103 Å². The Morgan fingerprint density at radius 3 is 1.24 bits per heavy atom. The van der Waals surface area contributed by atoms with Crippen LogP contribution in [0.1, 0.15) is 115 Å². The van der Waals surface area contributed by atoms with Crippen LogP contribution in [-0.2, 0) is 37.9 Å². The zero-order chi connectivity index (χ0) is 31.9. The standard InChI is InChI=1S/C38H62O8/c1-3-37(27-41-28-37)25-39-19-11-7-5-9-13-31-21-43-35(44-22-31)33-15-17-34(18-16-33)36-45-23-32(24-46-36)14-10-6-8-12-20-40-26-38(4-2)29-42-30-38/h15-18,31-32,35-36H,3-14,19-30H2,1-2H3. The van der Waals surface area contributed by atoms with Crippen LogP contribution in [0.15, 0.2) is 24.3 Å². The highest BCUT2D eigenvalue weighted by molar-refractivity contribution is 5.24. The molecule has 0 N–H and O–H groups in total. The maximum absolute atomic E-state index is 6.12. The van der Waals surface area contributed by atoms with E-state index in [4.69, 9.17) is 37.9 Å². The Balaban J connectivity index is 0.853. The minimum atomic E-state index is -0.288. The number of hydrogen-bond donors (Lipinski definition) is 0. The van der Waals surface area contributed by atoms with Crippen LogP contribution >= 0.6 is 0 Å². The van der Waals surface area contributed by atoms with Crippen molar-refractivity contribution in [3.8, 4) is 0 Å². The lowest BCUT2D eigenvalue weighted by Gasteiger charge is -2.40. The summed E-state index contributed by atoms with van der Waals surface area (Å²) in [7, 11) is 0. The first-order chi connectivity index (χ1) is 22.6. The molecule has 0 saturated carbocycles. The highest BCUT2D eigenvalue weighted by Gasteiger charge is 2.37. The fourth-order valence-electron chi connectivity index (χ4n) is 6.73. The maximum atomic E-state index is 6.12. The van der Waals surface area contributed by atoms with Crippen LogP contribution in [0, 0.1) is 22.7 Å². The SMILES string of the molecule is CCC1(COCCCCCCC2COC(c3ccc(C4OCC(CCCCCCOCC5(CC)COC5)CO4)cc3)OC2)COC1. The van der Waals surface area contributed by atoms with Gasteiger partial charge >= 0.3 is 0 Å². The van der Waals surface area contributed by atoms with Crippen LogP contribution in [0.4, 0.5) is 0 Å². The van der Waals surface area contributed by atoms with Crippen LogP contribution in [0.3, 0.4) is 0 Å². The van der Waals surface area contributed by atoms with E-state index in [9.17, 15) is 0 Å². The summed E-state index contributed by atoms with van der Waals surface area (Å²) in [6.45, 7) is 14.4. The first kappa shape index (κ1) is 36.2. The van der Waals surface area contributed by atoms with Crippen molar-refractivity contribution in [3.05, 3.63) is 35.4 Å². The molecule has 0 bridgehead atoms. The Bertz CT molecular complexity index is 858. The van der Waals surface area contributed by atoms with Gasteiger partial charge in [0.2, 0.25) is 0 Å². The smallest absolute Gasteiger partial charge is 0.183 e. The molecule has 0 unspecified atom stereocenters. The predicted molar refractivity (Wildman–Crippen MR) is 178 cm³/mol. The molecule has 5 rings (SSSR count). The Morgan fingerprint density at radius 1 is 0.543 bits per heavy atom. The molecule has 4 aliphatic heterocycles. The molecule has 0 amide bonds. The molecule has 1 aromatic carbocycles. The zero-order valence-corrected chi connectivity index (χ0v) is 28.9. The Labute approximate surface area is 278 Å². The minimum absolute atomic E-state index is 0.288. The van der Waals surface area contributed by atoms with E-state index in [1.807, 2.05) is 0 Å². The second-order valence-corrected chi connectivity index (χ2v) is 14.6. The summed E-state index contributed by atoms with van der Waals surface area (Å²) in [5, 5.41) is 0. The second-order valence-electron chi connectivity index (χ2n) is 14.6. The molecule has 4 heterocycles. The van der Waals surface area contributed by atoms with Gasteiger partial charge in [0.25, 0.3) is 0 Å². The molecule has 4 saturated heterocycles. The monoisotopic (exact) mass is 646 g/mol. The number of ether oxygens (including phenoxy) is 8. The van der Waals surface area contributed by atoms with Crippen LogP contribution in [0.2, 0.25) is 0 Å². The third-order valence-corrected chi connectivity index (χ3v) is 10.7. The first-order valence-electron chi connectivity index (χ1n) is 18.5. The molecule has 8 heteroatoms. The summed E-state index contributed by atoms with van der Waals surface area (Å²) in [5.74, 6) is 0.957. The molecular formula is C38H62O8. The van der Waals surface area contributed by atoms with E-state index in [0.717, 1.165) is 129 Å². The van der Waals surface area contributed by atoms with Crippen molar-refractivity contribution in [3.63, 3.8) is 0 Å². The normalized spacial score (nSPS) is 27.2. The van der Waals surface area contributed by atoms with Gasteiger partial charge in [-0.05, 0) is 38.5 Å². The summed E-state index contributed by atoms with van der Waals surface area (Å²) < 4.78 is 47.1. The second kappa shape index (κ2) is 19.2. The predicted octanol–water partition coefficient (Wildman–Crippen LogP) is 7.80. The van der Waals surface area contributed by atoms with Crippen molar-refractivity contribution >= 4 is 0 Å². The van der Waals surface area contributed by atoms with Crippen molar-refractivity contribution in [1.29, 1.82) is 0 Å². The molecule has 0 radical (unpaired) electrons. The third-order valence-electron chi connectivity index (χ3n) is 10.7. The van der Waals surface area contributed by atoms with Crippen molar-refractivity contribution in [2.24, 2.45) is 22.7 Å². The van der Waals surface area contributed by atoms with Gasteiger partial charge in [-0.2, -0.15) is 0 Å². The van der Waals surface area contributed by atoms with Crippen molar-refractivity contribution in [1.82, 2.24) is 0 Å². The van der Waals surface area contributed by atoms with Crippen LogP contribution in [0.5, 0.6) is 0 Å². The lowest BCUT2D eigenvalue weighted by Crippen LogP contribution is -2.45. The lowest BCUT2D eigenvalue weighted by molar-refractivity contribution is -0.207. The molecule has 0 spiro atoms. The van der Waals surface area contributed by atoms with E-state index in [0.29, 0.717) is 22.7 Å². The highest BCUT2D eigenvalue weighted by Crippen LogP contribution is 2.33. The zero-order valence-electron chi connectivity index (χ0n) is 28.9. The number of benzene rings is 1. The van der Waals surface area contributed by atoms with E-state index >= 15 is 0 Å². The average Bonchev–Trinajstić information content (AvgIpc) is 3.06. The molecule has 46 heavy (non-hydrogen) atoms. The number of rotatable bonds is 22. The van der Waals surface area contributed by atoms with Crippen molar-refractivity contribution in [2.75, 3.05) is 79.3 Å². The van der Waals surface area contributed by atoms with E-state index < -0.39 is 0 Å². The van der Waals surface area contributed by atoms with E-state index in [1.54, 1.807) is 0 Å². The van der Waals surface area contributed by atoms with Gasteiger partial charge in [0.15, 0.2) is 12.6 Å². The molecule has 8 nitrogen and oxygen atoms in total. The largest absolute Gasteiger partial charge is 0.381 e. The van der Waals surface area contributed by atoms with Gasteiger partial charge in [-0.1, -0.05) is 76.6 Å². The average molecular weight is 647 g/mol. The van der Waals surface area contributed by atoms with Gasteiger partial charge in [0.1, 0.15) is 0 Å². The fraction of sp³-hybridized carbons (Fsp3) is 0.842. The molecule has 4 fully saturated rings. The molecule has 0 aromatic heterocycles. The van der Waals surface area contributed by atoms with Gasteiger partial charge < -0.3 is 37.9 Å². The Kier molecular flexibility index (Phi) is 15.1. The number of hydrogen-bond acceptors (Lipinski definition) is 8. The van der Waals surface area contributed by atoms with E-state index in [1.165, 1.54) is 38.5 Å². The molecule has 262 valence electrons. The van der Waals surface area contributed by atoms with Crippen LogP contribution < -0.4 is 0 Å². The van der Waals surface area contributed by atoms with E-state index in [-0.39, 0.29) is 12.6 Å².